The van der Waals surface area contributed by atoms with E-state index in [9.17, 15) is 14.4 Å². The second-order valence-electron chi connectivity index (χ2n) is 38.5. The summed E-state index contributed by atoms with van der Waals surface area (Å²) in [5.74, 6) is -0.326. The van der Waals surface area contributed by atoms with Gasteiger partial charge in [0.05, 0.1) is 74.7 Å². The predicted octanol–water partition coefficient (Wildman–Crippen LogP) is 19.5. The van der Waals surface area contributed by atoms with Crippen molar-refractivity contribution in [3.05, 3.63) is 37.1 Å². The molecule has 97 heavy (non-hydrogen) atoms. The largest absolute Gasteiger partial charge is 0.513 e. The van der Waals surface area contributed by atoms with E-state index in [1.807, 2.05) is 0 Å². The summed E-state index contributed by atoms with van der Waals surface area (Å²) in [5, 5.41) is 2.93. The summed E-state index contributed by atoms with van der Waals surface area (Å²) in [5.41, 5.74) is 1.04. The minimum Gasteiger partial charge on any atom is -0.456 e. The Morgan fingerprint density at radius 2 is 0.588 bits per heavy atom. The lowest BCUT2D eigenvalue weighted by Crippen LogP contribution is -2.47. The number of quaternary nitrogens is 3. The summed E-state index contributed by atoms with van der Waals surface area (Å²) in [7, 11) is -5.97. The smallest absolute Gasteiger partial charge is 0.456 e. The number of rotatable bonds is 49. The van der Waals surface area contributed by atoms with Gasteiger partial charge in [-0.2, -0.15) is 0 Å². The average Bonchev–Trinajstić information content (AvgIpc) is 0.928. The first-order chi connectivity index (χ1) is 43.1. The topological polar surface area (TPSA) is 146 Å². The Hall–Kier alpha value is -0.327. The molecule has 16 nitrogen and oxygen atoms in total. The van der Waals surface area contributed by atoms with Gasteiger partial charge in [0.25, 0.3) is 0 Å². The fraction of sp³-hybridized carbons (Fsp3) is 0.870. The molecule has 0 aromatic carbocycles. The molecular weight excluding hydrogens is 1410 g/mol. The van der Waals surface area contributed by atoms with Gasteiger partial charge in [0, 0.05) is 24.1 Å². The lowest BCUT2D eigenvalue weighted by atomic mass is 10.2. The van der Waals surface area contributed by atoms with Crippen molar-refractivity contribution in [2.24, 2.45) is 0 Å². The lowest BCUT2D eigenvalue weighted by Gasteiger charge is -2.37. The molecule has 576 valence electrons. The molecule has 0 saturated carbocycles. The van der Waals surface area contributed by atoms with Crippen molar-refractivity contribution in [1.82, 2.24) is 5.32 Å². The van der Waals surface area contributed by atoms with Crippen LogP contribution in [0.25, 0.3) is 0 Å². The lowest BCUT2D eigenvalue weighted by molar-refractivity contribution is -0.890. The summed E-state index contributed by atoms with van der Waals surface area (Å²) in [6.45, 7) is 85.3. The van der Waals surface area contributed by atoms with Gasteiger partial charge in [-0.05, 0) is 284 Å². The molecule has 0 unspecified atom stereocenters. The van der Waals surface area contributed by atoms with Crippen LogP contribution in [0, 0.1) is 0 Å². The zero-order valence-corrected chi connectivity index (χ0v) is 82.6. The molecule has 28 heteroatoms. The molecule has 0 rings (SSSR count). The molecule has 0 heterocycles. The minimum atomic E-state index is -1.70. The van der Waals surface area contributed by atoms with Gasteiger partial charge in [0.2, 0.25) is 5.91 Å². The molecule has 0 aliphatic carbocycles. The van der Waals surface area contributed by atoms with Gasteiger partial charge in [-0.3, -0.25) is 4.79 Å². The molecule has 0 atom stereocenters. The highest BCUT2D eigenvalue weighted by Gasteiger charge is 2.40. The van der Waals surface area contributed by atoms with Crippen LogP contribution >= 0.6 is 0 Å². The van der Waals surface area contributed by atoms with Crippen LogP contribution < -0.4 is 5.32 Å². The third-order valence-corrected chi connectivity index (χ3v) is 58.9. The van der Waals surface area contributed by atoms with Gasteiger partial charge in [-0.15, -0.1) is 0 Å². The quantitative estimate of drug-likeness (QED) is 0.0154. The summed E-state index contributed by atoms with van der Waals surface area (Å²) in [6.07, 6.45) is 8.59. The zero-order valence-electron chi connectivity index (χ0n) is 70.6. The SMILES string of the molecule is C=C(C)C(=O)NCCC[N+](C)(C)CCCC[Si](C)(C)O[Si](C)(C)CC[Si](C)(C)O[Si](C)(C)C.C=C(C)C(=O)OCC[N+](C)(C)CCCC[Si](C)(C)O[Si](C)(C)CC[Si](C)(C)O[Si](C)(C)C.C=COC(=O)OCC[N+](C)(C)CCCC[Si](C)(C)O[Si](C)(C)CC[Si](C)(C)O[Si](C)(C)C. The first-order valence-electron chi connectivity index (χ1n) is 37.0. The average molecular weight is 1580 g/mol. The molecule has 1 amide bonds. The number of likely N-dealkylation sites (N-methyl/N-ethyl adjacent to an activating group) is 2. The van der Waals surface area contributed by atoms with E-state index in [2.05, 4.69) is 249 Å². The van der Waals surface area contributed by atoms with Crippen LogP contribution in [0.3, 0.4) is 0 Å². The van der Waals surface area contributed by atoms with Crippen molar-refractivity contribution in [2.75, 3.05) is 101 Å². The highest BCUT2D eigenvalue weighted by atomic mass is 28.4. The zero-order chi connectivity index (χ0) is 76.8. The number of esters is 1. The fourth-order valence-electron chi connectivity index (χ4n) is 12.4. The van der Waals surface area contributed by atoms with Crippen LogP contribution in [0.1, 0.15) is 58.8 Å². The number of carbonyl (C=O) groups excluding carboxylic acids is 3. The third-order valence-electron chi connectivity index (χ3n) is 16.8. The van der Waals surface area contributed by atoms with Gasteiger partial charge in [-0.25, -0.2) is 9.59 Å². The Bertz CT molecular complexity index is 2330. The standard InChI is InChI=1S/C24H56N2O3Si4.C23H54NO4Si4.C22H52NO5Si4/c1-23(2)24(27)25-17-16-19-26(3,4)18-14-15-20-31(8,9)29-33(12,13)22-21-32(10,11)28-30(5,6)7;1-22(2)23(25)26-18-17-24(3,4)16-14-15-19-30(8,9)28-32(12,13)21-20-31(10,11)27-29(5,6)7;1-13-25-22(24)26-18-17-23(2,3)16-14-15-19-30(7,8)28-32(11,12)21-20-31(9,10)27-29(4,5)6/h1,14-22H2,2-13H3;1,14-21H2,2-13H3;13H,1,14-21H2,2-12H3/q;2*+1/p+1. The number of ether oxygens (including phenoxy) is 3. The molecule has 1 N–H and O–H groups in total. The molecule has 0 aliphatic rings. The summed E-state index contributed by atoms with van der Waals surface area (Å²) in [4.78, 5) is 34.4. The number of nitrogens with one attached hydrogen (secondary N) is 1. The monoisotopic (exact) mass is 1580 g/mol. The number of unbranched alkanes of at least 4 members (excludes halogenated alkanes) is 3. The molecule has 0 aromatic heterocycles. The molecule has 0 aliphatic heterocycles. The van der Waals surface area contributed by atoms with Gasteiger partial charge < -0.3 is 57.7 Å². The molecule has 0 radical (unpaired) electrons. The van der Waals surface area contributed by atoms with Crippen molar-refractivity contribution in [2.45, 2.75) is 290 Å². The molecular formula is C69H163N4O12Si12+3. The Labute approximate surface area is 614 Å². The summed E-state index contributed by atoms with van der Waals surface area (Å²) < 4.78 is 57.8. The molecule has 0 aromatic rings. The molecule has 0 spiro atoms. The Kier molecular flexibility index (Phi) is 45.1. The predicted molar refractivity (Wildman–Crippen MR) is 451 cm³/mol. The summed E-state index contributed by atoms with van der Waals surface area (Å²) >= 11 is 0. The van der Waals surface area contributed by atoms with E-state index in [0.29, 0.717) is 24.4 Å². The van der Waals surface area contributed by atoms with E-state index in [-0.39, 0.29) is 11.9 Å². The number of hydrogen-bond donors (Lipinski definition) is 1. The van der Waals surface area contributed by atoms with Crippen molar-refractivity contribution in [3.63, 3.8) is 0 Å². The van der Waals surface area contributed by atoms with Crippen LogP contribution in [0.2, 0.25) is 231 Å². The van der Waals surface area contributed by atoms with Crippen molar-refractivity contribution in [3.8, 4) is 0 Å². The van der Waals surface area contributed by atoms with Crippen molar-refractivity contribution in [1.29, 1.82) is 0 Å². The highest BCUT2D eigenvalue weighted by molar-refractivity contribution is 6.90. The van der Waals surface area contributed by atoms with E-state index in [1.165, 1.54) is 93.0 Å². The molecule has 0 saturated heterocycles. The maximum atomic E-state index is 11.6. The summed E-state index contributed by atoms with van der Waals surface area (Å²) in [6, 6.07) is 10.9. The van der Waals surface area contributed by atoms with Crippen LogP contribution in [0.15, 0.2) is 37.1 Å². The van der Waals surface area contributed by atoms with Crippen LogP contribution in [-0.2, 0) is 48.5 Å². The van der Waals surface area contributed by atoms with Crippen LogP contribution in [0.5, 0.6) is 0 Å². The number of nitrogens with zero attached hydrogens (tertiary/aromatic N) is 3. The van der Waals surface area contributed by atoms with Gasteiger partial charge in [0.1, 0.15) is 26.3 Å². The van der Waals surface area contributed by atoms with Gasteiger partial charge in [0.15, 0.2) is 99.8 Å². The highest BCUT2D eigenvalue weighted by Crippen LogP contribution is 2.33. The Morgan fingerprint density at radius 1 is 0.340 bits per heavy atom. The normalized spacial score (nSPS) is 13.8. The fourth-order valence-corrected chi connectivity index (χ4v) is 71.7. The maximum absolute atomic E-state index is 11.6. The second-order valence-corrected chi connectivity index (χ2v) is 92.2. The maximum Gasteiger partial charge on any atom is 0.513 e. The van der Waals surface area contributed by atoms with E-state index in [0.717, 1.165) is 71.8 Å². The first kappa shape index (κ1) is 101. The number of carbonyl (C=O) groups is 3. The van der Waals surface area contributed by atoms with E-state index < -0.39 is 106 Å². The number of hydrogen-bond acceptors (Lipinski definition) is 12. The first-order valence-corrected chi connectivity index (χ1v) is 75.2. The molecule has 0 bridgehead atoms. The van der Waals surface area contributed by atoms with Crippen molar-refractivity contribution < 1.29 is 66.7 Å². The second kappa shape index (κ2) is 43.3. The van der Waals surface area contributed by atoms with Gasteiger partial charge >= 0.3 is 12.1 Å². The number of amides is 1. The minimum absolute atomic E-state index is 0.0338. The Morgan fingerprint density at radius 3 is 0.845 bits per heavy atom. The van der Waals surface area contributed by atoms with E-state index in [4.69, 9.17) is 34.2 Å². The molecule has 0 fully saturated rings. The van der Waals surface area contributed by atoms with Gasteiger partial charge in [-0.1, -0.05) is 19.7 Å². The van der Waals surface area contributed by atoms with E-state index in [1.54, 1.807) is 13.8 Å². The van der Waals surface area contributed by atoms with Crippen molar-refractivity contribution >= 4 is 118 Å². The third kappa shape index (κ3) is 61.7. The van der Waals surface area contributed by atoms with E-state index >= 15 is 0 Å². The Balaban J connectivity index is -0.00000137. The van der Waals surface area contributed by atoms with Crippen LogP contribution in [0.4, 0.5) is 4.79 Å². The van der Waals surface area contributed by atoms with Crippen LogP contribution in [-0.4, -0.2) is 233 Å².